The van der Waals surface area contributed by atoms with Crippen molar-refractivity contribution < 1.29 is 34.1 Å². The van der Waals surface area contributed by atoms with E-state index in [1.165, 1.54) is 17.1 Å². The monoisotopic (exact) mass is 665 g/mol. The van der Waals surface area contributed by atoms with Gasteiger partial charge in [-0.05, 0) is 82.0 Å². The molecule has 1 aromatic rings. The summed E-state index contributed by atoms with van der Waals surface area (Å²) in [6.45, 7) is 11.7. The molecule has 2 fully saturated rings. The normalized spacial score (nSPS) is 27.4. The number of rotatable bonds is 17. The lowest BCUT2D eigenvalue weighted by Gasteiger charge is -2.37. The molecule has 3 heterocycles. The van der Waals surface area contributed by atoms with Crippen LogP contribution >= 0.6 is 0 Å². The fourth-order valence-corrected chi connectivity index (χ4v) is 7.07. The van der Waals surface area contributed by atoms with Gasteiger partial charge in [-0.25, -0.2) is 0 Å². The number of aliphatic hydroxyl groups is 2. The van der Waals surface area contributed by atoms with Crippen molar-refractivity contribution in [3.05, 3.63) is 71.3 Å². The maximum atomic E-state index is 12.8. The number of hydrogen-bond acceptors (Lipinski definition) is 8. The van der Waals surface area contributed by atoms with Gasteiger partial charge in [-0.1, -0.05) is 56.3 Å². The minimum atomic E-state index is -0.576. The SMILES string of the molecule is C/C(=C\C=C\[C@@H](C)C[C@@]1(C)O[C@@H]1[C@H](C)[C@@H](CO)[C@@H](C)O)[C@H]1O[C@@H](CC(=O)NCc2ccc(CCCN3C(=O)C=CC3=O)cc2)CCN1C. The summed E-state index contributed by atoms with van der Waals surface area (Å²) < 4.78 is 12.5. The third-order valence-electron chi connectivity index (χ3n) is 10.0. The lowest BCUT2D eigenvalue weighted by Crippen LogP contribution is -2.46. The van der Waals surface area contributed by atoms with E-state index < -0.39 is 6.10 Å². The number of allylic oxidation sites excluding steroid dienone is 3. The first kappa shape index (κ1) is 37.7. The van der Waals surface area contributed by atoms with Crippen LogP contribution in [0.1, 0.15) is 71.4 Å². The lowest BCUT2D eigenvalue weighted by atomic mass is 9.81. The highest BCUT2D eigenvalue weighted by molar-refractivity contribution is 6.12. The summed E-state index contributed by atoms with van der Waals surface area (Å²) >= 11 is 0. The highest BCUT2D eigenvalue weighted by atomic mass is 16.6. The number of carbonyl (C=O) groups excluding carboxylic acids is 3. The predicted octanol–water partition coefficient (Wildman–Crippen LogP) is 3.91. The average Bonchev–Trinajstić information content (AvgIpc) is 3.61. The number of nitrogens with zero attached hydrogens (tertiary/aromatic N) is 2. The molecule has 8 atom stereocenters. The molecular formula is C38H55N3O7. The van der Waals surface area contributed by atoms with E-state index in [1.54, 1.807) is 6.92 Å². The molecule has 2 saturated heterocycles. The first-order chi connectivity index (χ1) is 22.8. The second-order valence-electron chi connectivity index (χ2n) is 14.2. The number of aryl methyl sites for hydroxylation is 1. The Morgan fingerprint density at radius 1 is 1.12 bits per heavy atom. The highest BCUT2D eigenvalue weighted by Crippen LogP contribution is 2.48. The molecule has 264 valence electrons. The molecule has 0 radical (unpaired) electrons. The summed E-state index contributed by atoms with van der Waals surface area (Å²) in [5, 5.41) is 22.7. The number of ether oxygens (including phenoxy) is 2. The standard InChI is InChI=1S/C38H55N3O7/c1-25(22-38(5)36(48-38)27(3)32(24-42)28(4)43)9-7-10-26(2)37-40(6)20-18-31(47-37)21-33(44)39-23-30-14-12-29(13-15-30)11-8-19-41-34(45)16-17-35(41)46/h7,9-10,12-17,25,27-28,31-32,36-37,42-43H,8,11,18-24H2,1-6H3,(H,39,44)/b9-7+,26-10+/t25-,27-,28-,31-,32-,36-,37-,38-/m1/s1. The van der Waals surface area contributed by atoms with Crippen molar-refractivity contribution in [1.29, 1.82) is 0 Å². The summed E-state index contributed by atoms with van der Waals surface area (Å²) in [4.78, 5) is 39.6. The van der Waals surface area contributed by atoms with E-state index in [4.69, 9.17) is 9.47 Å². The van der Waals surface area contributed by atoms with E-state index in [2.05, 4.69) is 49.2 Å². The zero-order chi connectivity index (χ0) is 35.0. The molecule has 0 saturated carbocycles. The van der Waals surface area contributed by atoms with Gasteiger partial charge in [-0.2, -0.15) is 0 Å². The van der Waals surface area contributed by atoms with Crippen LogP contribution in [0.2, 0.25) is 0 Å². The summed E-state index contributed by atoms with van der Waals surface area (Å²) in [5.74, 6) is -0.385. The number of epoxide rings is 1. The van der Waals surface area contributed by atoms with Crippen LogP contribution in [0.5, 0.6) is 0 Å². The Hall–Kier alpha value is -3.15. The maximum Gasteiger partial charge on any atom is 0.253 e. The molecule has 3 aliphatic rings. The number of likely N-dealkylation sites (N-methyl/N-ethyl adjacent to an activating group) is 1. The molecular weight excluding hydrogens is 610 g/mol. The Labute approximate surface area is 285 Å². The first-order valence-electron chi connectivity index (χ1n) is 17.4. The fourth-order valence-electron chi connectivity index (χ4n) is 7.07. The topological polar surface area (TPSA) is 132 Å². The number of nitrogens with one attached hydrogen (secondary N) is 1. The lowest BCUT2D eigenvalue weighted by molar-refractivity contribution is -0.137. The smallest absolute Gasteiger partial charge is 0.253 e. The molecule has 3 N–H and O–H groups in total. The number of hydrogen-bond donors (Lipinski definition) is 3. The predicted molar refractivity (Wildman–Crippen MR) is 184 cm³/mol. The maximum absolute atomic E-state index is 12.8. The Kier molecular flexibility index (Phi) is 13.3. The number of aliphatic hydroxyl groups excluding tert-OH is 2. The molecule has 0 bridgehead atoms. The molecule has 3 amide bonds. The third-order valence-corrected chi connectivity index (χ3v) is 10.0. The summed E-state index contributed by atoms with van der Waals surface area (Å²) in [5.41, 5.74) is 2.94. The van der Waals surface area contributed by atoms with E-state index in [1.807, 2.05) is 38.2 Å². The Balaban J connectivity index is 1.18. The molecule has 0 aromatic heterocycles. The van der Waals surface area contributed by atoms with E-state index in [0.717, 1.165) is 42.5 Å². The van der Waals surface area contributed by atoms with E-state index in [9.17, 15) is 24.6 Å². The largest absolute Gasteiger partial charge is 0.396 e. The van der Waals surface area contributed by atoms with Gasteiger partial charge < -0.3 is 25.0 Å². The highest BCUT2D eigenvalue weighted by Gasteiger charge is 2.56. The zero-order valence-electron chi connectivity index (χ0n) is 29.4. The van der Waals surface area contributed by atoms with Gasteiger partial charge >= 0.3 is 0 Å². The van der Waals surface area contributed by atoms with Gasteiger partial charge in [0, 0.05) is 44.3 Å². The average molecular weight is 666 g/mol. The summed E-state index contributed by atoms with van der Waals surface area (Å²) in [7, 11) is 2.04. The van der Waals surface area contributed by atoms with Crippen LogP contribution in [0.4, 0.5) is 0 Å². The van der Waals surface area contributed by atoms with Crippen molar-refractivity contribution in [3.63, 3.8) is 0 Å². The number of benzene rings is 1. The zero-order valence-corrected chi connectivity index (χ0v) is 29.4. The van der Waals surface area contributed by atoms with Crippen LogP contribution < -0.4 is 5.32 Å². The van der Waals surface area contributed by atoms with Gasteiger partial charge in [0.1, 0.15) is 6.23 Å². The molecule has 4 rings (SSSR count). The quantitative estimate of drug-likeness (QED) is 0.130. The van der Waals surface area contributed by atoms with Crippen LogP contribution in [0, 0.1) is 17.8 Å². The molecule has 10 heteroatoms. The Morgan fingerprint density at radius 3 is 2.44 bits per heavy atom. The van der Waals surface area contributed by atoms with Crippen molar-refractivity contribution in [2.75, 3.05) is 26.7 Å². The van der Waals surface area contributed by atoms with Gasteiger partial charge in [0.15, 0.2) is 0 Å². The minimum absolute atomic E-state index is 0.0266. The van der Waals surface area contributed by atoms with Crippen LogP contribution in [0.25, 0.3) is 0 Å². The molecule has 1 aromatic carbocycles. The van der Waals surface area contributed by atoms with E-state index >= 15 is 0 Å². The second kappa shape index (κ2) is 17.0. The second-order valence-corrected chi connectivity index (χ2v) is 14.2. The van der Waals surface area contributed by atoms with Gasteiger partial charge in [-0.15, -0.1) is 0 Å². The Morgan fingerprint density at radius 2 is 1.79 bits per heavy atom. The van der Waals surface area contributed by atoms with Gasteiger partial charge in [-0.3, -0.25) is 24.2 Å². The molecule has 3 aliphatic heterocycles. The van der Waals surface area contributed by atoms with Crippen LogP contribution in [0.3, 0.4) is 0 Å². The third kappa shape index (κ3) is 10.2. The van der Waals surface area contributed by atoms with Gasteiger partial charge in [0.25, 0.3) is 11.8 Å². The minimum Gasteiger partial charge on any atom is -0.396 e. The summed E-state index contributed by atoms with van der Waals surface area (Å²) in [6.07, 6.45) is 11.4. The molecule has 48 heavy (non-hydrogen) atoms. The molecule has 0 aliphatic carbocycles. The number of amides is 3. The van der Waals surface area contributed by atoms with Crippen LogP contribution in [-0.2, 0) is 36.8 Å². The van der Waals surface area contributed by atoms with Gasteiger partial charge in [0.2, 0.25) is 5.91 Å². The molecule has 0 unspecified atom stereocenters. The van der Waals surface area contributed by atoms with E-state index in [-0.39, 0.29) is 66.1 Å². The first-order valence-corrected chi connectivity index (χ1v) is 17.4. The molecule has 0 spiro atoms. The van der Waals surface area contributed by atoms with Crippen LogP contribution in [0.15, 0.2) is 60.2 Å². The van der Waals surface area contributed by atoms with Crippen LogP contribution in [-0.4, -0.2) is 94.6 Å². The van der Waals surface area contributed by atoms with Crippen molar-refractivity contribution >= 4 is 17.7 Å². The van der Waals surface area contributed by atoms with E-state index in [0.29, 0.717) is 25.9 Å². The molecule has 10 nitrogen and oxygen atoms in total. The van der Waals surface area contributed by atoms with Crippen molar-refractivity contribution in [1.82, 2.24) is 15.1 Å². The fraction of sp³-hybridized carbons (Fsp3) is 0.605. The number of imide groups is 1. The van der Waals surface area contributed by atoms with Crippen molar-refractivity contribution in [2.24, 2.45) is 17.8 Å². The summed E-state index contributed by atoms with van der Waals surface area (Å²) in [6, 6.07) is 8.03. The van der Waals surface area contributed by atoms with Crippen molar-refractivity contribution in [3.8, 4) is 0 Å². The Bertz CT molecular complexity index is 1340. The number of carbonyl (C=O) groups is 3. The van der Waals surface area contributed by atoms with Crippen molar-refractivity contribution in [2.45, 2.75) is 103 Å². The van der Waals surface area contributed by atoms with Gasteiger partial charge in [0.05, 0.1) is 30.3 Å².